The van der Waals surface area contributed by atoms with Crippen LogP contribution in [0.3, 0.4) is 0 Å². The summed E-state index contributed by atoms with van der Waals surface area (Å²) >= 11 is 0. The van der Waals surface area contributed by atoms with Crippen molar-refractivity contribution in [1.29, 1.82) is 0 Å². The van der Waals surface area contributed by atoms with Crippen molar-refractivity contribution in [2.24, 2.45) is 7.05 Å². The van der Waals surface area contributed by atoms with Crippen LogP contribution >= 0.6 is 0 Å². The lowest BCUT2D eigenvalue weighted by Gasteiger charge is -2.29. The van der Waals surface area contributed by atoms with Crippen molar-refractivity contribution < 1.29 is 9.53 Å². The number of morpholine rings is 1. The number of anilines is 2. The Hall–Kier alpha value is -2.79. The topological polar surface area (TPSA) is 37.7 Å². The van der Waals surface area contributed by atoms with E-state index in [4.69, 9.17) is 4.74 Å². The van der Waals surface area contributed by atoms with Gasteiger partial charge in [-0.2, -0.15) is 0 Å². The number of hydrogen-bond donors (Lipinski definition) is 0. The average molecular weight is 347 g/mol. The highest BCUT2D eigenvalue weighted by Gasteiger charge is 2.29. The minimum absolute atomic E-state index is 0.0883. The number of amides is 1. The molecule has 3 aromatic rings. The van der Waals surface area contributed by atoms with E-state index >= 15 is 0 Å². The Morgan fingerprint density at radius 3 is 2.62 bits per heavy atom. The second-order valence-electron chi connectivity index (χ2n) is 7.00. The van der Waals surface area contributed by atoms with Gasteiger partial charge >= 0.3 is 0 Å². The Kier molecular flexibility index (Phi) is 3.50. The lowest BCUT2D eigenvalue weighted by molar-refractivity contribution is 0.0996. The fourth-order valence-corrected chi connectivity index (χ4v) is 3.95. The lowest BCUT2D eigenvalue weighted by atomic mass is 10.1. The van der Waals surface area contributed by atoms with E-state index in [1.54, 1.807) is 0 Å². The number of carbonyl (C=O) groups excluding carboxylic acids is 1. The summed E-state index contributed by atoms with van der Waals surface area (Å²) in [6, 6.07) is 14.6. The summed E-state index contributed by atoms with van der Waals surface area (Å²) in [5, 5.41) is 1.16. The molecule has 0 spiro atoms. The van der Waals surface area contributed by atoms with Crippen molar-refractivity contribution in [1.82, 2.24) is 4.57 Å². The first-order valence-corrected chi connectivity index (χ1v) is 9.03. The molecule has 5 nitrogen and oxygen atoms in total. The number of aromatic nitrogens is 1. The van der Waals surface area contributed by atoms with Crippen molar-refractivity contribution in [3.05, 3.63) is 59.8 Å². The molecule has 1 aromatic heterocycles. The van der Waals surface area contributed by atoms with Crippen molar-refractivity contribution >= 4 is 28.2 Å². The van der Waals surface area contributed by atoms with Crippen molar-refractivity contribution in [2.45, 2.75) is 6.54 Å². The van der Waals surface area contributed by atoms with Gasteiger partial charge in [0.1, 0.15) is 0 Å². The summed E-state index contributed by atoms with van der Waals surface area (Å²) in [5.41, 5.74) is 5.16. The number of ether oxygens (including phenoxy) is 1. The molecular formula is C21H21N3O2. The summed E-state index contributed by atoms with van der Waals surface area (Å²) in [6.07, 6.45) is 2.05. The van der Waals surface area contributed by atoms with E-state index < -0.39 is 0 Å². The van der Waals surface area contributed by atoms with Gasteiger partial charge in [0.15, 0.2) is 0 Å². The first-order valence-electron chi connectivity index (χ1n) is 9.03. The van der Waals surface area contributed by atoms with E-state index in [2.05, 4.69) is 39.8 Å². The molecule has 2 aromatic carbocycles. The van der Waals surface area contributed by atoms with Crippen molar-refractivity contribution in [3.63, 3.8) is 0 Å². The number of nitrogens with zero attached hydrogens (tertiary/aromatic N) is 3. The summed E-state index contributed by atoms with van der Waals surface area (Å²) in [5.74, 6) is 0.0883. The molecule has 0 N–H and O–H groups in total. The van der Waals surface area contributed by atoms with Crippen LogP contribution in [0.25, 0.3) is 10.9 Å². The molecule has 5 rings (SSSR count). The van der Waals surface area contributed by atoms with Gasteiger partial charge in [-0.05, 0) is 42.0 Å². The quantitative estimate of drug-likeness (QED) is 0.715. The van der Waals surface area contributed by atoms with E-state index in [0.717, 1.165) is 54.2 Å². The van der Waals surface area contributed by atoms with Crippen LogP contribution in [0.1, 0.15) is 15.9 Å². The van der Waals surface area contributed by atoms with E-state index in [1.807, 2.05) is 30.3 Å². The van der Waals surface area contributed by atoms with Crippen LogP contribution in [0.5, 0.6) is 0 Å². The molecule has 0 atom stereocenters. The summed E-state index contributed by atoms with van der Waals surface area (Å²) < 4.78 is 7.52. The van der Waals surface area contributed by atoms with Crippen LogP contribution in [0.4, 0.5) is 11.4 Å². The first-order chi connectivity index (χ1) is 12.7. The standard InChI is InChI=1S/C21H21N3O2/c1-22-7-6-15-12-18(4-5-20(15)22)24-14-16-2-3-17(13-19(16)21(24)25)23-8-10-26-11-9-23/h2-7,12-13H,8-11,14H2,1H3. The number of fused-ring (bicyclic) bond motifs is 2. The summed E-state index contributed by atoms with van der Waals surface area (Å²) in [4.78, 5) is 17.2. The highest BCUT2D eigenvalue weighted by molar-refractivity contribution is 6.11. The van der Waals surface area contributed by atoms with Crippen LogP contribution in [-0.4, -0.2) is 36.8 Å². The molecule has 2 aliphatic rings. The van der Waals surface area contributed by atoms with Gasteiger partial charge in [-0.3, -0.25) is 4.79 Å². The molecule has 2 aliphatic heterocycles. The van der Waals surface area contributed by atoms with Gasteiger partial charge in [0, 0.05) is 54.2 Å². The molecule has 0 radical (unpaired) electrons. The van der Waals surface area contributed by atoms with Crippen molar-refractivity contribution in [3.8, 4) is 0 Å². The predicted molar refractivity (Wildman–Crippen MR) is 103 cm³/mol. The van der Waals surface area contributed by atoms with E-state index in [0.29, 0.717) is 6.54 Å². The zero-order valence-electron chi connectivity index (χ0n) is 14.8. The van der Waals surface area contributed by atoms with Crippen LogP contribution < -0.4 is 9.80 Å². The molecule has 0 unspecified atom stereocenters. The normalized spacial score (nSPS) is 17.2. The highest BCUT2D eigenvalue weighted by atomic mass is 16.5. The van der Waals surface area contributed by atoms with E-state index in [-0.39, 0.29) is 5.91 Å². The van der Waals surface area contributed by atoms with E-state index in [9.17, 15) is 4.79 Å². The van der Waals surface area contributed by atoms with E-state index in [1.165, 1.54) is 5.52 Å². The third-order valence-electron chi connectivity index (χ3n) is 5.45. The summed E-state index contributed by atoms with van der Waals surface area (Å²) in [7, 11) is 2.03. The second-order valence-corrected chi connectivity index (χ2v) is 7.00. The molecule has 132 valence electrons. The Morgan fingerprint density at radius 2 is 1.77 bits per heavy atom. The number of rotatable bonds is 2. The van der Waals surface area contributed by atoms with Gasteiger partial charge in [-0.1, -0.05) is 6.07 Å². The molecule has 1 saturated heterocycles. The van der Waals surface area contributed by atoms with Crippen LogP contribution in [0.2, 0.25) is 0 Å². The third kappa shape index (κ3) is 2.39. The number of hydrogen-bond acceptors (Lipinski definition) is 3. The fourth-order valence-electron chi connectivity index (χ4n) is 3.95. The van der Waals surface area contributed by atoms with Gasteiger partial charge in [-0.15, -0.1) is 0 Å². The largest absolute Gasteiger partial charge is 0.378 e. The van der Waals surface area contributed by atoms with Gasteiger partial charge in [0.25, 0.3) is 5.91 Å². The zero-order valence-corrected chi connectivity index (χ0v) is 14.8. The second kappa shape index (κ2) is 5.88. The first kappa shape index (κ1) is 15.5. The molecule has 0 saturated carbocycles. The predicted octanol–water partition coefficient (Wildman–Crippen LogP) is 3.18. The Morgan fingerprint density at radius 1 is 0.962 bits per heavy atom. The van der Waals surface area contributed by atoms with Gasteiger partial charge in [-0.25, -0.2) is 0 Å². The monoisotopic (exact) mass is 347 g/mol. The van der Waals surface area contributed by atoms with Crippen LogP contribution in [-0.2, 0) is 18.3 Å². The summed E-state index contributed by atoms with van der Waals surface area (Å²) in [6.45, 7) is 3.88. The fraction of sp³-hybridized carbons (Fsp3) is 0.286. The molecule has 1 amide bonds. The lowest BCUT2D eigenvalue weighted by Crippen LogP contribution is -2.36. The molecule has 1 fully saturated rings. The molecule has 26 heavy (non-hydrogen) atoms. The molecule has 0 bridgehead atoms. The zero-order chi connectivity index (χ0) is 17.7. The minimum atomic E-state index is 0.0883. The molecule has 3 heterocycles. The number of benzene rings is 2. The Bertz CT molecular complexity index is 1000. The number of aryl methyl sites for hydroxylation is 1. The minimum Gasteiger partial charge on any atom is -0.378 e. The van der Waals surface area contributed by atoms with Crippen LogP contribution in [0.15, 0.2) is 48.7 Å². The van der Waals surface area contributed by atoms with Gasteiger partial charge < -0.3 is 19.1 Å². The number of carbonyl (C=O) groups is 1. The Labute approximate surface area is 152 Å². The third-order valence-corrected chi connectivity index (χ3v) is 5.45. The van der Waals surface area contributed by atoms with Crippen LogP contribution in [0, 0.1) is 0 Å². The smallest absolute Gasteiger partial charge is 0.259 e. The average Bonchev–Trinajstić information content (AvgIpc) is 3.22. The Balaban J connectivity index is 1.47. The maximum atomic E-state index is 13.1. The SMILES string of the molecule is Cn1ccc2cc(N3Cc4ccc(N5CCOCC5)cc4C3=O)ccc21. The molecular weight excluding hydrogens is 326 g/mol. The van der Waals surface area contributed by atoms with Gasteiger partial charge in [0.2, 0.25) is 0 Å². The highest BCUT2D eigenvalue weighted by Crippen LogP contribution is 2.32. The maximum Gasteiger partial charge on any atom is 0.259 e. The molecule has 5 heteroatoms. The maximum absolute atomic E-state index is 13.1. The van der Waals surface area contributed by atoms with Crippen molar-refractivity contribution in [2.75, 3.05) is 36.1 Å². The van der Waals surface area contributed by atoms with Gasteiger partial charge in [0.05, 0.1) is 19.8 Å². The molecule has 0 aliphatic carbocycles.